The number of nitrogens with one attached hydrogen (secondary N) is 1. The maximum Gasteiger partial charge on any atom is 0.147 e. The second-order valence-electron chi connectivity index (χ2n) is 3.21. The van der Waals surface area contributed by atoms with Crippen molar-refractivity contribution in [2.24, 2.45) is 0 Å². The highest BCUT2D eigenvalue weighted by atomic mass is 16.1. The molecule has 0 saturated carbocycles. The van der Waals surface area contributed by atoms with Gasteiger partial charge in [-0.15, -0.1) is 0 Å². The first-order valence-corrected chi connectivity index (χ1v) is 4.53. The van der Waals surface area contributed by atoms with Gasteiger partial charge in [0.2, 0.25) is 0 Å². The Balaban J connectivity index is 2.32. The molecule has 0 radical (unpaired) electrons. The second-order valence-corrected chi connectivity index (χ2v) is 3.21. The predicted octanol–water partition coefficient (Wildman–Crippen LogP) is 0.678. The Bertz CT molecular complexity index is 157. The van der Waals surface area contributed by atoms with Gasteiger partial charge >= 0.3 is 0 Å². The molecule has 1 N–H and O–H groups in total. The Morgan fingerprint density at radius 1 is 0.917 bits per heavy atom. The minimum atomic E-state index is 0.158. The largest absolute Gasteiger partial charge is 0.310 e. The summed E-state index contributed by atoms with van der Waals surface area (Å²) in [6.07, 6.45) is 3.47. The van der Waals surface area contributed by atoms with E-state index >= 15 is 0 Å². The third kappa shape index (κ3) is 3.62. The van der Waals surface area contributed by atoms with E-state index in [-0.39, 0.29) is 11.6 Å². The first kappa shape index (κ1) is 9.39. The maximum atomic E-state index is 11.1. The fraction of sp³-hybridized carbons (Fsp3) is 0.778. The number of rotatable bonds is 0. The molecule has 0 aromatic carbocycles. The second kappa shape index (κ2) is 5.04. The minimum Gasteiger partial charge on any atom is -0.310 e. The van der Waals surface area contributed by atoms with E-state index in [4.69, 9.17) is 0 Å². The average Bonchev–Trinajstić information content (AvgIpc) is 2.07. The van der Waals surface area contributed by atoms with Crippen molar-refractivity contribution in [3.63, 3.8) is 0 Å². The van der Waals surface area contributed by atoms with Crippen molar-refractivity contribution in [1.29, 1.82) is 0 Å². The van der Waals surface area contributed by atoms with E-state index < -0.39 is 0 Å². The Hall–Kier alpha value is -0.700. The third-order valence-corrected chi connectivity index (χ3v) is 2.06. The van der Waals surface area contributed by atoms with Gasteiger partial charge in [0.05, 0.1) is 6.54 Å². The summed E-state index contributed by atoms with van der Waals surface area (Å²) < 4.78 is 0. The van der Waals surface area contributed by atoms with Gasteiger partial charge in [0, 0.05) is 19.3 Å². The summed E-state index contributed by atoms with van der Waals surface area (Å²) in [5, 5.41) is 3.06. The van der Waals surface area contributed by atoms with E-state index in [1.165, 1.54) is 0 Å². The van der Waals surface area contributed by atoms with Gasteiger partial charge in [0.25, 0.3) is 0 Å². The average molecular weight is 169 g/mol. The molecule has 0 amide bonds. The van der Waals surface area contributed by atoms with Crippen molar-refractivity contribution >= 4 is 11.6 Å². The summed E-state index contributed by atoms with van der Waals surface area (Å²) in [6.45, 7) is 1.30. The first-order valence-electron chi connectivity index (χ1n) is 4.53. The van der Waals surface area contributed by atoms with Crippen LogP contribution in [0.4, 0.5) is 0 Å². The number of carbonyl (C=O) groups is 2. The Labute approximate surface area is 72.5 Å². The molecule has 3 nitrogen and oxygen atoms in total. The molecule has 0 aliphatic carbocycles. The first-order chi connectivity index (χ1) is 5.79. The normalized spacial score (nSPS) is 22.3. The van der Waals surface area contributed by atoms with Crippen LogP contribution in [0.25, 0.3) is 0 Å². The van der Waals surface area contributed by atoms with Gasteiger partial charge in [-0.1, -0.05) is 0 Å². The quantitative estimate of drug-likeness (QED) is 0.580. The molecule has 0 unspecified atom stereocenters. The van der Waals surface area contributed by atoms with E-state index in [0.29, 0.717) is 25.8 Å². The van der Waals surface area contributed by atoms with Crippen molar-refractivity contribution in [1.82, 2.24) is 5.32 Å². The van der Waals surface area contributed by atoms with Crippen LogP contribution in [0.5, 0.6) is 0 Å². The molecule has 0 spiro atoms. The molecule has 1 rings (SSSR count). The number of ketones is 2. The summed E-state index contributed by atoms with van der Waals surface area (Å²) in [7, 11) is 0. The van der Waals surface area contributed by atoms with Crippen LogP contribution in [0.3, 0.4) is 0 Å². The Morgan fingerprint density at radius 3 is 2.50 bits per heavy atom. The third-order valence-electron chi connectivity index (χ3n) is 2.06. The predicted molar refractivity (Wildman–Crippen MR) is 46.0 cm³/mol. The van der Waals surface area contributed by atoms with Gasteiger partial charge in [0.1, 0.15) is 11.6 Å². The molecule has 0 atom stereocenters. The van der Waals surface area contributed by atoms with Crippen molar-refractivity contribution < 1.29 is 9.59 Å². The van der Waals surface area contributed by atoms with Gasteiger partial charge < -0.3 is 5.32 Å². The van der Waals surface area contributed by atoms with Crippen LogP contribution in [0, 0.1) is 0 Å². The van der Waals surface area contributed by atoms with Crippen LogP contribution in [0.1, 0.15) is 32.1 Å². The number of hydrogen-bond donors (Lipinski definition) is 1. The van der Waals surface area contributed by atoms with E-state index in [9.17, 15) is 9.59 Å². The molecule has 0 aromatic heterocycles. The standard InChI is InChI=1S/C9H15NO2/c11-8-3-1-2-6-10-7-9(12)5-4-8/h10H,1-7H2. The lowest BCUT2D eigenvalue weighted by Crippen LogP contribution is -2.25. The molecular formula is C9H15NO2. The van der Waals surface area contributed by atoms with Crippen molar-refractivity contribution in [3.05, 3.63) is 0 Å². The number of carbonyl (C=O) groups excluding carboxylic acids is 2. The topological polar surface area (TPSA) is 46.2 Å². The highest BCUT2D eigenvalue weighted by Gasteiger charge is 2.08. The fourth-order valence-corrected chi connectivity index (χ4v) is 1.29. The van der Waals surface area contributed by atoms with Crippen LogP contribution < -0.4 is 5.32 Å². The van der Waals surface area contributed by atoms with Crippen molar-refractivity contribution in [3.8, 4) is 0 Å². The molecule has 0 bridgehead atoms. The zero-order valence-corrected chi connectivity index (χ0v) is 7.27. The smallest absolute Gasteiger partial charge is 0.147 e. The number of hydrogen-bond acceptors (Lipinski definition) is 3. The Morgan fingerprint density at radius 2 is 1.67 bits per heavy atom. The highest BCUT2D eigenvalue weighted by molar-refractivity contribution is 5.87. The zero-order chi connectivity index (χ0) is 8.81. The molecule has 3 heteroatoms. The van der Waals surface area contributed by atoms with E-state index in [0.717, 1.165) is 19.4 Å². The Kier molecular flexibility index (Phi) is 3.94. The molecule has 1 fully saturated rings. The lowest BCUT2D eigenvalue weighted by molar-refractivity contribution is -0.124. The van der Waals surface area contributed by atoms with E-state index in [2.05, 4.69) is 5.32 Å². The monoisotopic (exact) mass is 169 g/mol. The molecule has 68 valence electrons. The summed E-state index contributed by atoms with van der Waals surface area (Å²) >= 11 is 0. The molecule has 1 saturated heterocycles. The van der Waals surface area contributed by atoms with E-state index in [1.807, 2.05) is 0 Å². The van der Waals surface area contributed by atoms with Gasteiger partial charge in [-0.05, 0) is 19.4 Å². The van der Waals surface area contributed by atoms with Gasteiger partial charge in [-0.25, -0.2) is 0 Å². The van der Waals surface area contributed by atoms with Crippen molar-refractivity contribution in [2.45, 2.75) is 32.1 Å². The SMILES string of the molecule is O=C1CCCCNCC(=O)CC1. The molecule has 0 aromatic rings. The van der Waals surface area contributed by atoms with Crippen LogP contribution in [-0.2, 0) is 9.59 Å². The number of Topliss-reactive ketones (excluding diaryl/α,β-unsaturated/α-hetero) is 2. The molecule has 1 aliphatic rings. The van der Waals surface area contributed by atoms with Gasteiger partial charge in [-0.2, -0.15) is 0 Å². The molecule has 12 heavy (non-hydrogen) atoms. The van der Waals surface area contributed by atoms with E-state index in [1.54, 1.807) is 0 Å². The van der Waals surface area contributed by atoms with Crippen molar-refractivity contribution in [2.75, 3.05) is 13.1 Å². The van der Waals surface area contributed by atoms with Crippen LogP contribution in [-0.4, -0.2) is 24.7 Å². The van der Waals surface area contributed by atoms with Crippen LogP contribution >= 0.6 is 0 Å². The summed E-state index contributed by atoms with van der Waals surface area (Å²) in [4.78, 5) is 22.1. The molecular weight excluding hydrogens is 154 g/mol. The lowest BCUT2D eigenvalue weighted by Gasteiger charge is -2.06. The highest BCUT2D eigenvalue weighted by Crippen LogP contribution is 2.03. The summed E-state index contributed by atoms with van der Waals surface area (Å²) in [6, 6.07) is 0. The fourth-order valence-electron chi connectivity index (χ4n) is 1.29. The zero-order valence-electron chi connectivity index (χ0n) is 7.27. The lowest BCUT2D eigenvalue weighted by atomic mass is 10.1. The summed E-state index contributed by atoms with van der Waals surface area (Å²) in [5.41, 5.74) is 0. The maximum absolute atomic E-state index is 11.1. The van der Waals surface area contributed by atoms with Gasteiger partial charge in [-0.3, -0.25) is 9.59 Å². The molecule has 1 heterocycles. The molecule has 1 aliphatic heterocycles. The van der Waals surface area contributed by atoms with Crippen LogP contribution in [0.15, 0.2) is 0 Å². The van der Waals surface area contributed by atoms with Gasteiger partial charge in [0.15, 0.2) is 0 Å². The summed E-state index contributed by atoms with van der Waals surface area (Å²) in [5.74, 6) is 0.399. The minimum absolute atomic E-state index is 0.158. The van der Waals surface area contributed by atoms with Crippen LogP contribution in [0.2, 0.25) is 0 Å².